The summed E-state index contributed by atoms with van der Waals surface area (Å²) in [4.78, 5) is 18.0. The van der Waals surface area contributed by atoms with Crippen molar-refractivity contribution in [3.8, 4) is 11.3 Å². The summed E-state index contributed by atoms with van der Waals surface area (Å²) in [5.41, 5.74) is 12.0. The van der Waals surface area contributed by atoms with Gasteiger partial charge in [0.1, 0.15) is 17.2 Å². The maximum atomic E-state index is 6.01. The summed E-state index contributed by atoms with van der Waals surface area (Å²) >= 11 is 0. The molecule has 1 aromatic carbocycles. The maximum absolute atomic E-state index is 6.01. The van der Waals surface area contributed by atoms with Crippen LogP contribution in [-0.2, 0) is 6.54 Å². The molecule has 0 spiro atoms. The number of imidazole rings is 1. The maximum Gasteiger partial charge on any atom is 0.160 e. The van der Waals surface area contributed by atoms with Crippen LogP contribution in [0.4, 0.5) is 5.82 Å². The average Bonchev–Trinajstić information content (AvgIpc) is 3.15. The van der Waals surface area contributed by atoms with Gasteiger partial charge in [0.15, 0.2) is 5.65 Å². The molecule has 0 amide bonds. The number of aromatic nitrogens is 4. The molecular weight excluding hydrogens is 336 g/mol. The Balaban J connectivity index is 1.72. The van der Waals surface area contributed by atoms with Gasteiger partial charge in [0, 0.05) is 35.2 Å². The van der Waals surface area contributed by atoms with Gasteiger partial charge in [-0.15, -0.1) is 0 Å². The minimum Gasteiger partial charge on any atom is -0.384 e. The molecule has 0 aliphatic heterocycles. The van der Waals surface area contributed by atoms with Crippen molar-refractivity contribution in [2.45, 2.75) is 27.3 Å². The Morgan fingerprint density at radius 1 is 1.11 bits per heavy atom. The Hall–Kier alpha value is -2.86. The quantitative estimate of drug-likeness (QED) is 0.499. The van der Waals surface area contributed by atoms with Crippen LogP contribution in [0, 0.1) is 12.8 Å². The van der Waals surface area contributed by atoms with E-state index in [1.807, 2.05) is 13.0 Å². The van der Waals surface area contributed by atoms with Crippen molar-refractivity contribution >= 4 is 27.9 Å². The van der Waals surface area contributed by atoms with E-state index in [1.165, 1.54) is 10.9 Å². The minimum atomic E-state index is 0.482. The van der Waals surface area contributed by atoms with Crippen molar-refractivity contribution in [2.75, 3.05) is 19.3 Å². The van der Waals surface area contributed by atoms with E-state index in [9.17, 15) is 0 Å². The fourth-order valence-corrected chi connectivity index (χ4v) is 3.76. The van der Waals surface area contributed by atoms with Crippen molar-refractivity contribution in [3.63, 3.8) is 0 Å². The normalized spacial score (nSPS) is 12.1. The molecule has 0 unspecified atom stereocenters. The number of aryl methyl sites for hydroxylation is 1. The lowest BCUT2D eigenvalue weighted by Gasteiger charge is -2.18. The van der Waals surface area contributed by atoms with Gasteiger partial charge in [0.05, 0.1) is 0 Å². The fourth-order valence-electron chi connectivity index (χ4n) is 3.76. The number of hydrogen-bond acceptors (Lipinski definition) is 4. The van der Waals surface area contributed by atoms with E-state index >= 15 is 0 Å². The number of rotatable bonds is 5. The number of anilines is 1. The van der Waals surface area contributed by atoms with Gasteiger partial charge in [-0.1, -0.05) is 19.9 Å². The predicted molar refractivity (Wildman–Crippen MR) is 112 cm³/mol. The first-order valence-corrected chi connectivity index (χ1v) is 9.32. The van der Waals surface area contributed by atoms with E-state index in [0.717, 1.165) is 46.9 Å². The largest absolute Gasteiger partial charge is 0.384 e. The molecule has 0 radical (unpaired) electrons. The topological polar surface area (TPSA) is 86.6 Å². The van der Waals surface area contributed by atoms with Crippen molar-refractivity contribution in [2.24, 2.45) is 5.92 Å². The predicted octanol–water partition coefficient (Wildman–Crippen LogP) is 4.08. The highest BCUT2D eigenvalue weighted by Gasteiger charge is 2.13. The van der Waals surface area contributed by atoms with E-state index in [0.29, 0.717) is 11.7 Å². The molecule has 0 atom stereocenters. The molecule has 0 aliphatic rings. The highest BCUT2D eigenvalue weighted by Crippen LogP contribution is 2.30. The molecule has 140 valence electrons. The third kappa shape index (κ3) is 3.53. The highest BCUT2D eigenvalue weighted by atomic mass is 15.1. The molecule has 0 aliphatic carbocycles. The third-order valence-electron chi connectivity index (χ3n) is 4.70. The SMILES string of the molecule is Cc1nc2c(-c3cc4cc(CN(C)CC(C)C)ccc4[nH]3)cc(N)nc2[nH]1. The van der Waals surface area contributed by atoms with Gasteiger partial charge in [0.2, 0.25) is 0 Å². The number of benzene rings is 1. The molecule has 4 N–H and O–H groups in total. The molecule has 3 heterocycles. The van der Waals surface area contributed by atoms with Gasteiger partial charge in [-0.2, -0.15) is 0 Å². The number of hydrogen-bond donors (Lipinski definition) is 3. The zero-order valence-electron chi connectivity index (χ0n) is 16.3. The first-order valence-electron chi connectivity index (χ1n) is 9.32. The summed E-state index contributed by atoms with van der Waals surface area (Å²) in [6.45, 7) is 8.45. The molecule has 0 fully saturated rings. The summed E-state index contributed by atoms with van der Waals surface area (Å²) in [5, 5.41) is 1.19. The Morgan fingerprint density at radius 2 is 1.93 bits per heavy atom. The molecule has 6 heteroatoms. The second-order valence-corrected chi connectivity index (χ2v) is 7.81. The third-order valence-corrected chi connectivity index (χ3v) is 4.70. The van der Waals surface area contributed by atoms with Crippen LogP contribution in [0.3, 0.4) is 0 Å². The molecule has 27 heavy (non-hydrogen) atoms. The number of aromatic amines is 2. The summed E-state index contributed by atoms with van der Waals surface area (Å²) in [6, 6.07) is 10.6. The van der Waals surface area contributed by atoms with Crippen LogP contribution in [0.5, 0.6) is 0 Å². The molecular formula is C21H26N6. The monoisotopic (exact) mass is 362 g/mol. The standard InChI is InChI=1S/C21H26N6/c1-12(2)10-27(4)11-14-5-6-17-15(7-14)8-18(25-17)16-9-19(22)26-21-20(16)23-13(3)24-21/h5-9,12,25H,10-11H2,1-4H3,(H3,22,23,24,26). The highest BCUT2D eigenvalue weighted by molar-refractivity contribution is 5.95. The van der Waals surface area contributed by atoms with Crippen molar-refractivity contribution in [3.05, 3.63) is 41.7 Å². The average molecular weight is 362 g/mol. The first-order chi connectivity index (χ1) is 12.9. The minimum absolute atomic E-state index is 0.482. The van der Waals surface area contributed by atoms with Gasteiger partial charge in [-0.3, -0.25) is 0 Å². The van der Waals surface area contributed by atoms with E-state index in [-0.39, 0.29) is 0 Å². The summed E-state index contributed by atoms with van der Waals surface area (Å²) in [6.07, 6.45) is 0. The number of nitrogen functional groups attached to an aromatic ring is 1. The van der Waals surface area contributed by atoms with Crippen LogP contribution in [0.25, 0.3) is 33.3 Å². The zero-order valence-corrected chi connectivity index (χ0v) is 16.3. The molecule has 3 aromatic heterocycles. The Bertz CT molecular complexity index is 1100. The summed E-state index contributed by atoms with van der Waals surface area (Å²) in [7, 11) is 2.17. The van der Waals surface area contributed by atoms with E-state index in [1.54, 1.807) is 0 Å². The van der Waals surface area contributed by atoms with Gasteiger partial charge in [0.25, 0.3) is 0 Å². The van der Waals surface area contributed by atoms with Gasteiger partial charge >= 0.3 is 0 Å². The number of nitrogens with one attached hydrogen (secondary N) is 2. The number of pyridine rings is 1. The van der Waals surface area contributed by atoms with Crippen molar-refractivity contribution < 1.29 is 0 Å². The van der Waals surface area contributed by atoms with Crippen LogP contribution >= 0.6 is 0 Å². The van der Waals surface area contributed by atoms with Crippen LogP contribution in [0.2, 0.25) is 0 Å². The number of fused-ring (bicyclic) bond motifs is 2. The number of nitrogens with two attached hydrogens (primary N) is 1. The van der Waals surface area contributed by atoms with Crippen LogP contribution < -0.4 is 5.73 Å². The number of H-pyrrole nitrogens is 2. The molecule has 0 saturated heterocycles. The van der Waals surface area contributed by atoms with E-state index < -0.39 is 0 Å². The lowest BCUT2D eigenvalue weighted by atomic mass is 10.1. The lowest BCUT2D eigenvalue weighted by Crippen LogP contribution is -2.22. The Morgan fingerprint density at radius 3 is 2.70 bits per heavy atom. The second kappa shape index (κ2) is 6.70. The van der Waals surface area contributed by atoms with Crippen molar-refractivity contribution in [1.82, 2.24) is 24.8 Å². The van der Waals surface area contributed by atoms with Gasteiger partial charge < -0.3 is 20.6 Å². The molecule has 4 rings (SSSR count). The van der Waals surface area contributed by atoms with Crippen LogP contribution in [0.15, 0.2) is 30.3 Å². The second-order valence-electron chi connectivity index (χ2n) is 7.81. The molecule has 6 nitrogen and oxygen atoms in total. The van der Waals surface area contributed by atoms with Crippen molar-refractivity contribution in [1.29, 1.82) is 0 Å². The Kier molecular flexibility index (Phi) is 4.36. The van der Waals surface area contributed by atoms with Gasteiger partial charge in [-0.25, -0.2) is 9.97 Å². The Labute approximate surface area is 158 Å². The van der Waals surface area contributed by atoms with Gasteiger partial charge in [-0.05, 0) is 49.7 Å². The molecule has 4 aromatic rings. The van der Waals surface area contributed by atoms with Crippen LogP contribution in [-0.4, -0.2) is 38.4 Å². The first kappa shape index (κ1) is 17.5. The smallest absolute Gasteiger partial charge is 0.160 e. The lowest BCUT2D eigenvalue weighted by molar-refractivity contribution is 0.288. The van der Waals surface area contributed by atoms with E-state index in [2.05, 4.69) is 70.0 Å². The molecule has 0 saturated carbocycles. The summed E-state index contributed by atoms with van der Waals surface area (Å²) < 4.78 is 0. The van der Waals surface area contributed by atoms with E-state index in [4.69, 9.17) is 5.73 Å². The zero-order chi connectivity index (χ0) is 19.1. The van der Waals surface area contributed by atoms with Crippen LogP contribution in [0.1, 0.15) is 25.2 Å². The summed E-state index contributed by atoms with van der Waals surface area (Å²) in [5.74, 6) is 1.97. The molecule has 0 bridgehead atoms. The number of nitrogens with zero attached hydrogens (tertiary/aromatic N) is 3. The fraction of sp³-hybridized carbons (Fsp3) is 0.333.